The van der Waals surface area contributed by atoms with Crippen molar-refractivity contribution < 1.29 is 19.4 Å². The van der Waals surface area contributed by atoms with E-state index in [4.69, 9.17) is 9.84 Å². The quantitative estimate of drug-likeness (QED) is 0.862. The van der Waals surface area contributed by atoms with Gasteiger partial charge in [-0.1, -0.05) is 0 Å². The van der Waals surface area contributed by atoms with Gasteiger partial charge in [0.2, 0.25) is 0 Å². The number of hydrogen-bond donors (Lipinski definition) is 2. The van der Waals surface area contributed by atoms with Crippen LogP contribution < -0.4 is 5.32 Å². The first kappa shape index (κ1) is 14.8. The highest BCUT2D eigenvalue weighted by atomic mass is 32.1. The molecule has 20 heavy (non-hydrogen) atoms. The van der Waals surface area contributed by atoms with E-state index < -0.39 is 11.6 Å². The third kappa shape index (κ3) is 3.49. The normalized spacial score (nSPS) is 16.6. The number of urea groups is 1. The molecule has 0 radical (unpaired) electrons. The van der Waals surface area contributed by atoms with E-state index in [1.165, 1.54) is 5.56 Å². The molecule has 2 amide bonds. The molecule has 1 aliphatic heterocycles. The van der Waals surface area contributed by atoms with Crippen molar-refractivity contribution in [3.63, 3.8) is 0 Å². The van der Waals surface area contributed by atoms with E-state index in [0.717, 1.165) is 5.56 Å². The van der Waals surface area contributed by atoms with Crippen LogP contribution in [0.1, 0.15) is 18.1 Å². The molecule has 0 atom stereocenters. The lowest BCUT2D eigenvalue weighted by atomic mass is 9.97. The van der Waals surface area contributed by atoms with Gasteiger partial charge in [0.05, 0.1) is 13.1 Å². The van der Waals surface area contributed by atoms with Crippen LogP contribution in [0.2, 0.25) is 0 Å². The lowest BCUT2D eigenvalue weighted by Gasteiger charge is -2.46. The summed E-state index contributed by atoms with van der Waals surface area (Å²) in [4.78, 5) is 24.0. The van der Waals surface area contributed by atoms with Crippen molar-refractivity contribution in [1.29, 1.82) is 0 Å². The molecule has 1 fully saturated rings. The summed E-state index contributed by atoms with van der Waals surface area (Å²) in [6, 6.07) is -0.146. The SMILES string of the molecule is Cc1cscc1CNC(=O)N1CC(C)(OCC(=O)O)C1. The summed E-state index contributed by atoms with van der Waals surface area (Å²) in [6.45, 7) is 4.82. The first-order valence-electron chi connectivity index (χ1n) is 6.30. The number of carbonyl (C=O) groups is 2. The number of ether oxygens (including phenoxy) is 1. The van der Waals surface area contributed by atoms with Crippen molar-refractivity contribution in [2.24, 2.45) is 0 Å². The Labute approximate surface area is 121 Å². The molecule has 0 saturated carbocycles. The fourth-order valence-corrected chi connectivity index (χ4v) is 2.94. The lowest BCUT2D eigenvalue weighted by molar-refractivity contribution is -0.159. The first-order chi connectivity index (χ1) is 9.39. The Kier molecular flexibility index (Phi) is 4.29. The van der Waals surface area contributed by atoms with Crippen molar-refractivity contribution in [2.75, 3.05) is 19.7 Å². The fraction of sp³-hybridized carbons (Fsp3) is 0.538. The van der Waals surface area contributed by atoms with Crippen molar-refractivity contribution in [2.45, 2.75) is 26.0 Å². The highest BCUT2D eigenvalue weighted by molar-refractivity contribution is 7.08. The van der Waals surface area contributed by atoms with Gasteiger partial charge in [0.1, 0.15) is 12.2 Å². The number of carbonyl (C=O) groups excluding carboxylic acids is 1. The van der Waals surface area contributed by atoms with Crippen LogP contribution in [0.5, 0.6) is 0 Å². The number of likely N-dealkylation sites (tertiary alicyclic amines) is 1. The molecule has 6 nitrogen and oxygen atoms in total. The summed E-state index contributed by atoms with van der Waals surface area (Å²) < 4.78 is 5.26. The molecule has 2 rings (SSSR count). The van der Waals surface area contributed by atoms with Crippen LogP contribution in [0.15, 0.2) is 10.8 Å². The van der Waals surface area contributed by atoms with Crippen LogP contribution in [-0.4, -0.2) is 47.3 Å². The molecule has 2 N–H and O–H groups in total. The summed E-state index contributed by atoms with van der Waals surface area (Å²) in [6.07, 6.45) is 0. The fourth-order valence-electron chi connectivity index (χ4n) is 2.08. The van der Waals surface area contributed by atoms with Gasteiger partial charge in [-0.05, 0) is 35.7 Å². The molecule has 110 valence electrons. The van der Waals surface area contributed by atoms with Gasteiger partial charge in [-0.2, -0.15) is 11.3 Å². The van der Waals surface area contributed by atoms with Gasteiger partial charge >= 0.3 is 12.0 Å². The average Bonchev–Trinajstić information content (AvgIpc) is 2.75. The van der Waals surface area contributed by atoms with Gasteiger partial charge in [0.25, 0.3) is 0 Å². The van der Waals surface area contributed by atoms with E-state index >= 15 is 0 Å². The monoisotopic (exact) mass is 298 g/mol. The Morgan fingerprint density at radius 2 is 2.20 bits per heavy atom. The van der Waals surface area contributed by atoms with E-state index in [-0.39, 0.29) is 12.6 Å². The summed E-state index contributed by atoms with van der Waals surface area (Å²) in [5.41, 5.74) is 1.75. The number of aryl methyl sites for hydroxylation is 1. The van der Waals surface area contributed by atoms with Crippen LogP contribution in [0.4, 0.5) is 4.79 Å². The number of amides is 2. The molecule has 0 bridgehead atoms. The van der Waals surface area contributed by atoms with Gasteiger partial charge in [-0.25, -0.2) is 9.59 Å². The zero-order valence-corrected chi connectivity index (χ0v) is 12.3. The maximum atomic E-state index is 11.9. The standard InChI is InChI=1S/C13H18N2O4S/c1-9-5-20-6-10(9)3-14-12(18)15-7-13(2,8-15)19-4-11(16)17/h5-6H,3-4,7-8H2,1-2H3,(H,14,18)(H,16,17). The van der Waals surface area contributed by atoms with Crippen molar-refractivity contribution in [3.8, 4) is 0 Å². The number of aliphatic carboxylic acids is 1. The molecular formula is C13H18N2O4S. The molecule has 0 aromatic carbocycles. The van der Waals surface area contributed by atoms with E-state index in [1.54, 1.807) is 16.2 Å². The summed E-state index contributed by atoms with van der Waals surface area (Å²) in [5.74, 6) is -0.998. The lowest BCUT2D eigenvalue weighted by Crippen LogP contribution is -2.65. The molecule has 1 aromatic rings. The summed E-state index contributed by atoms with van der Waals surface area (Å²) in [5, 5.41) is 15.5. The summed E-state index contributed by atoms with van der Waals surface area (Å²) >= 11 is 1.61. The van der Waals surface area contributed by atoms with Gasteiger partial charge in [0, 0.05) is 6.54 Å². The van der Waals surface area contributed by atoms with Gasteiger partial charge in [-0.15, -0.1) is 0 Å². The predicted molar refractivity (Wildman–Crippen MR) is 74.9 cm³/mol. The second-order valence-corrected chi connectivity index (χ2v) is 5.97. The number of carboxylic acids is 1. The van der Waals surface area contributed by atoms with Crippen molar-refractivity contribution >= 4 is 23.3 Å². The van der Waals surface area contributed by atoms with E-state index in [2.05, 4.69) is 5.32 Å². The van der Waals surface area contributed by atoms with Gasteiger partial charge in [0.15, 0.2) is 0 Å². The van der Waals surface area contributed by atoms with Crippen LogP contribution in [0.3, 0.4) is 0 Å². The Morgan fingerprint density at radius 1 is 1.50 bits per heavy atom. The number of nitrogens with zero attached hydrogens (tertiary/aromatic N) is 1. The predicted octanol–water partition coefficient (Wildman–Crippen LogP) is 1.44. The van der Waals surface area contributed by atoms with Gasteiger partial charge < -0.3 is 20.1 Å². The number of rotatable bonds is 5. The molecule has 1 saturated heterocycles. The molecule has 7 heteroatoms. The zero-order chi connectivity index (χ0) is 14.8. The minimum atomic E-state index is -0.998. The van der Waals surface area contributed by atoms with Crippen LogP contribution in [-0.2, 0) is 16.1 Å². The van der Waals surface area contributed by atoms with Crippen LogP contribution >= 0.6 is 11.3 Å². The number of hydrogen-bond acceptors (Lipinski definition) is 4. The smallest absolute Gasteiger partial charge is 0.329 e. The Hall–Kier alpha value is -1.60. The Balaban J connectivity index is 1.73. The molecule has 0 unspecified atom stereocenters. The number of nitrogens with one attached hydrogen (secondary N) is 1. The van der Waals surface area contributed by atoms with E-state index in [9.17, 15) is 9.59 Å². The zero-order valence-electron chi connectivity index (χ0n) is 11.5. The van der Waals surface area contributed by atoms with Gasteiger partial charge in [-0.3, -0.25) is 0 Å². The minimum Gasteiger partial charge on any atom is -0.480 e. The van der Waals surface area contributed by atoms with E-state index in [1.807, 2.05) is 24.6 Å². The maximum Gasteiger partial charge on any atom is 0.329 e. The second kappa shape index (κ2) is 5.80. The second-order valence-electron chi connectivity index (χ2n) is 5.23. The summed E-state index contributed by atoms with van der Waals surface area (Å²) in [7, 11) is 0. The largest absolute Gasteiger partial charge is 0.480 e. The van der Waals surface area contributed by atoms with Crippen molar-refractivity contribution in [3.05, 3.63) is 21.9 Å². The van der Waals surface area contributed by atoms with Crippen molar-refractivity contribution in [1.82, 2.24) is 10.2 Å². The van der Waals surface area contributed by atoms with Crippen LogP contribution in [0, 0.1) is 6.92 Å². The molecule has 1 aromatic heterocycles. The Morgan fingerprint density at radius 3 is 2.75 bits per heavy atom. The highest BCUT2D eigenvalue weighted by Gasteiger charge is 2.42. The molecule has 2 heterocycles. The van der Waals surface area contributed by atoms with Crippen LogP contribution in [0.25, 0.3) is 0 Å². The first-order valence-corrected chi connectivity index (χ1v) is 7.24. The Bertz CT molecular complexity index is 508. The minimum absolute atomic E-state index is 0.146. The third-order valence-electron chi connectivity index (χ3n) is 3.27. The number of thiophene rings is 1. The molecule has 1 aliphatic rings. The molecular weight excluding hydrogens is 280 g/mol. The number of carboxylic acid groups (broad SMARTS) is 1. The topological polar surface area (TPSA) is 78.9 Å². The third-order valence-corrected chi connectivity index (χ3v) is 4.18. The molecule has 0 aliphatic carbocycles. The van der Waals surface area contributed by atoms with E-state index in [0.29, 0.717) is 19.6 Å². The highest BCUT2D eigenvalue weighted by Crippen LogP contribution is 2.24. The maximum absolute atomic E-state index is 11.9. The molecule has 0 spiro atoms. The average molecular weight is 298 g/mol.